The minimum Gasteiger partial charge on any atom is -0.383 e. The van der Waals surface area contributed by atoms with Crippen LogP contribution in [0, 0.1) is 0 Å². The molecule has 1 aromatic rings. The SMILES string of the molecule is COC(CS)COP(=O)(O)OP(C)(=O)OCC1OCC(n2ccc(N)nc2=O)O1. The molecule has 1 aliphatic rings. The summed E-state index contributed by atoms with van der Waals surface area (Å²) in [5, 5.41) is 0. The predicted molar refractivity (Wildman–Crippen MR) is 104 cm³/mol. The van der Waals surface area contributed by atoms with Crippen LogP contribution in [0.5, 0.6) is 0 Å². The van der Waals surface area contributed by atoms with Crippen LogP contribution in [0.25, 0.3) is 0 Å². The lowest BCUT2D eigenvalue weighted by Gasteiger charge is -2.20. The lowest BCUT2D eigenvalue weighted by molar-refractivity contribution is -0.0949. The van der Waals surface area contributed by atoms with Crippen molar-refractivity contribution in [3.63, 3.8) is 0 Å². The summed E-state index contributed by atoms with van der Waals surface area (Å²) in [6.45, 7) is 0.304. The van der Waals surface area contributed by atoms with Crippen molar-refractivity contribution < 1.29 is 41.6 Å². The number of thiol groups is 1. The number of nitrogens with zero attached hydrogens (tertiary/aromatic N) is 2. The molecule has 0 saturated carbocycles. The molecule has 166 valence electrons. The number of hydrogen-bond acceptors (Lipinski definition) is 12. The number of hydrogen-bond donors (Lipinski definition) is 3. The number of methoxy groups -OCH3 is 1. The van der Waals surface area contributed by atoms with E-state index in [1.165, 1.54) is 23.9 Å². The van der Waals surface area contributed by atoms with Gasteiger partial charge in [-0.15, -0.1) is 0 Å². The van der Waals surface area contributed by atoms with E-state index in [4.69, 9.17) is 29.0 Å². The second-order valence-electron chi connectivity index (χ2n) is 5.85. The Labute approximate surface area is 172 Å². The quantitative estimate of drug-likeness (QED) is 0.301. The van der Waals surface area contributed by atoms with Crippen LogP contribution in [0.4, 0.5) is 5.82 Å². The average molecular weight is 475 g/mol. The molecule has 1 saturated heterocycles. The van der Waals surface area contributed by atoms with Crippen molar-refractivity contribution in [2.24, 2.45) is 0 Å². The second-order valence-corrected chi connectivity index (χ2v) is 9.86. The Hall–Kier alpha value is -0.790. The van der Waals surface area contributed by atoms with Gasteiger partial charge in [-0.05, 0) is 6.07 Å². The molecule has 2 rings (SSSR count). The van der Waals surface area contributed by atoms with Gasteiger partial charge in [0.05, 0.1) is 19.3 Å². The van der Waals surface area contributed by atoms with E-state index in [2.05, 4.69) is 21.9 Å². The van der Waals surface area contributed by atoms with Crippen LogP contribution >= 0.6 is 28.0 Å². The Morgan fingerprint density at radius 2 is 2.21 bits per heavy atom. The van der Waals surface area contributed by atoms with E-state index in [1.54, 1.807) is 0 Å². The Morgan fingerprint density at radius 3 is 2.83 bits per heavy atom. The fourth-order valence-electron chi connectivity index (χ4n) is 2.13. The third-order valence-electron chi connectivity index (χ3n) is 3.55. The van der Waals surface area contributed by atoms with Gasteiger partial charge in [-0.3, -0.25) is 13.7 Å². The van der Waals surface area contributed by atoms with Crippen LogP contribution in [-0.4, -0.2) is 66.2 Å². The van der Waals surface area contributed by atoms with Gasteiger partial charge in [0.15, 0.2) is 12.5 Å². The highest BCUT2D eigenvalue weighted by atomic mass is 32.1. The van der Waals surface area contributed by atoms with Crippen molar-refractivity contribution in [3.8, 4) is 0 Å². The van der Waals surface area contributed by atoms with E-state index in [-0.39, 0.29) is 24.8 Å². The van der Waals surface area contributed by atoms with Crippen molar-refractivity contribution >= 4 is 33.9 Å². The molecule has 1 aromatic heterocycles. The van der Waals surface area contributed by atoms with E-state index in [9.17, 15) is 18.8 Å². The molecule has 2 heterocycles. The zero-order chi connectivity index (χ0) is 21.7. The Bertz CT molecular complexity index is 835. The summed E-state index contributed by atoms with van der Waals surface area (Å²) in [5.74, 6) is 0.303. The predicted octanol–water partition coefficient (Wildman–Crippen LogP) is 0.615. The van der Waals surface area contributed by atoms with Crippen LogP contribution in [0.2, 0.25) is 0 Å². The molecule has 0 aromatic carbocycles. The standard InChI is InChI=1S/C13H23N3O10P2S/c1-21-9(8-29)5-24-28(19,20)26-27(2,18)23-7-12-22-6-11(25-12)16-4-3-10(14)15-13(16)17/h3-4,9,11-12,29H,5-8H2,1-2H3,(H,19,20)(H2,14,15,17). The maximum atomic E-state index is 12.3. The van der Waals surface area contributed by atoms with Crippen LogP contribution in [-0.2, 0) is 36.7 Å². The molecular formula is C13H23N3O10P2S. The Kier molecular flexibility index (Phi) is 8.86. The smallest absolute Gasteiger partial charge is 0.383 e. The zero-order valence-electron chi connectivity index (χ0n) is 15.7. The minimum atomic E-state index is -4.68. The van der Waals surface area contributed by atoms with Crippen molar-refractivity contribution in [3.05, 3.63) is 22.7 Å². The number of phosphoric ester groups is 1. The summed E-state index contributed by atoms with van der Waals surface area (Å²) in [5.41, 5.74) is 4.80. The van der Waals surface area contributed by atoms with Crippen LogP contribution in [0.1, 0.15) is 6.23 Å². The highest BCUT2D eigenvalue weighted by Gasteiger charge is 2.36. The van der Waals surface area contributed by atoms with Crippen LogP contribution < -0.4 is 11.4 Å². The fourth-order valence-corrected chi connectivity index (χ4v) is 5.00. The molecule has 0 bridgehead atoms. The summed E-state index contributed by atoms with van der Waals surface area (Å²) in [7, 11) is -7.30. The Balaban J connectivity index is 1.84. The largest absolute Gasteiger partial charge is 0.479 e. The van der Waals surface area contributed by atoms with E-state index >= 15 is 0 Å². The molecule has 13 nitrogen and oxygen atoms in total. The second kappa shape index (κ2) is 10.5. The number of rotatable bonds is 11. The van der Waals surface area contributed by atoms with Gasteiger partial charge in [-0.2, -0.15) is 17.6 Å². The van der Waals surface area contributed by atoms with Gasteiger partial charge in [-0.25, -0.2) is 13.7 Å². The third-order valence-corrected chi connectivity index (χ3v) is 7.07. The van der Waals surface area contributed by atoms with Gasteiger partial charge in [0.25, 0.3) is 0 Å². The molecule has 3 N–H and O–H groups in total. The topological polar surface area (TPSA) is 171 Å². The molecule has 0 spiro atoms. The van der Waals surface area contributed by atoms with E-state index < -0.39 is 46.3 Å². The van der Waals surface area contributed by atoms with Gasteiger partial charge in [0.1, 0.15) is 12.4 Å². The Morgan fingerprint density at radius 1 is 1.48 bits per heavy atom. The highest BCUT2D eigenvalue weighted by molar-refractivity contribution is 7.80. The first-order chi connectivity index (χ1) is 13.5. The summed E-state index contributed by atoms with van der Waals surface area (Å²) in [6.07, 6.45) is -0.945. The summed E-state index contributed by atoms with van der Waals surface area (Å²) >= 11 is 3.98. The number of nitrogen functional groups attached to an aromatic ring is 1. The first-order valence-corrected chi connectivity index (χ1v) is 12.3. The number of aromatic nitrogens is 2. The molecule has 16 heteroatoms. The van der Waals surface area contributed by atoms with Crippen LogP contribution in [0.15, 0.2) is 17.1 Å². The minimum absolute atomic E-state index is 0.00184. The first-order valence-electron chi connectivity index (χ1n) is 8.21. The number of anilines is 1. The lowest BCUT2D eigenvalue weighted by atomic mass is 10.4. The van der Waals surface area contributed by atoms with Crippen molar-refractivity contribution in [1.82, 2.24) is 9.55 Å². The fraction of sp³-hybridized carbons (Fsp3) is 0.692. The monoisotopic (exact) mass is 475 g/mol. The molecule has 29 heavy (non-hydrogen) atoms. The van der Waals surface area contributed by atoms with Gasteiger partial charge in [0.2, 0.25) is 0 Å². The van der Waals surface area contributed by atoms with Crippen LogP contribution in [0.3, 0.4) is 0 Å². The summed E-state index contributed by atoms with van der Waals surface area (Å²) in [6, 6.07) is 1.42. The van der Waals surface area contributed by atoms with E-state index in [0.717, 1.165) is 6.66 Å². The molecule has 0 amide bonds. The van der Waals surface area contributed by atoms with Gasteiger partial charge >= 0.3 is 21.1 Å². The van der Waals surface area contributed by atoms with Gasteiger partial charge in [0, 0.05) is 25.7 Å². The maximum absolute atomic E-state index is 12.3. The van der Waals surface area contributed by atoms with Crippen molar-refractivity contribution in [1.29, 1.82) is 0 Å². The third kappa shape index (κ3) is 7.76. The van der Waals surface area contributed by atoms with Gasteiger partial charge < -0.3 is 29.4 Å². The number of nitrogens with two attached hydrogens (primary N) is 1. The van der Waals surface area contributed by atoms with Gasteiger partial charge in [-0.1, -0.05) is 0 Å². The molecule has 5 atom stereocenters. The van der Waals surface area contributed by atoms with Crippen molar-refractivity contribution in [2.45, 2.75) is 18.6 Å². The molecule has 1 aliphatic heterocycles. The summed E-state index contributed by atoms with van der Waals surface area (Å²) < 4.78 is 55.5. The highest BCUT2D eigenvalue weighted by Crippen LogP contribution is 2.60. The molecule has 0 radical (unpaired) electrons. The van der Waals surface area contributed by atoms with E-state index in [0.29, 0.717) is 0 Å². The lowest BCUT2D eigenvalue weighted by Crippen LogP contribution is -2.28. The zero-order valence-corrected chi connectivity index (χ0v) is 18.3. The average Bonchev–Trinajstić information content (AvgIpc) is 3.09. The normalized spacial score (nSPS) is 24.7. The number of ether oxygens (including phenoxy) is 3. The summed E-state index contributed by atoms with van der Waals surface area (Å²) in [4.78, 5) is 25.1. The molecular weight excluding hydrogens is 452 g/mol. The first kappa shape index (κ1) is 24.5. The van der Waals surface area contributed by atoms with E-state index in [1.807, 2.05) is 0 Å². The molecule has 0 aliphatic carbocycles. The molecule has 5 unspecified atom stereocenters. The maximum Gasteiger partial charge on any atom is 0.479 e. The molecule has 1 fully saturated rings. The number of phosphoric acid groups is 1. The van der Waals surface area contributed by atoms with Crippen molar-refractivity contribution in [2.75, 3.05) is 45.1 Å².